The van der Waals surface area contributed by atoms with E-state index in [1.54, 1.807) is 12.1 Å². The van der Waals surface area contributed by atoms with Crippen molar-refractivity contribution in [3.8, 4) is 6.01 Å². The largest absolute Gasteiger partial charge is 0.467 e. The van der Waals surface area contributed by atoms with Gasteiger partial charge in [0.05, 0.1) is 17.4 Å². The number of methoxy groups -OCH3 is 1. The van der Waals surface area contributed by atoms with E-state index in [1.807, 2.05) is 4.90 Å². The lowest BCUT2D eigenvalue weighted by atomic mass is 10.4. The molecule has 0 aromatic carbocycles. The second kappa shape index (κ2) is 7.30. The van der Waals surface area contributed by atoms with Gasteiger partial charge in [-0.3, -0.25) is 0 Å². The van der Waals surface area contributed by atoms with Crippen LogP contribution in [-0.4, -0.2) is 43.6 Å². The molecule has 3 rings (SSSR count). The number of rotatable bonds is 6. The van der Waals surface area contributed by atoms with Crippen molar-refractivity contribution in [3.05, 3.63) is 21.7 Å². The van der Waals surface area contributed by atoms with Crippen LogP contribution >= 0.6 is 27.3 Å². The summed E-state index contributed by atoms with van der Waals surface area (Å²) in [5.41, 5.74) is 0. The number of hydrogen-bond acceptors (Lipinski definition) is 8. The molecule has 1 aliphatic rings. The molecule has 1 N–H and O–H groups in total. The maximum absolute atomic E-state index is 12.3. The maximum atomic E-state index is 12.3. The molecule has 0 saturated carbocycles. The number of hydrogen-bond donors (Lipinski definition) is 1. The number of nitrogens with zero attached hydrogens (tertiary/aromatic N) is 4. The van der Waals surface area contributed by atoms with Crippen molar-refractivity contribution in [3.63, 3.8) is 0 Å². The summed E-state index contributed by atoms with van der Waals surface area (Å²) in [5, 5.41) is 0. The second-order valence-electron chi connectivity index (χ2n) is 5.12. The van der Waals surface area contributed by atoms with Crippen LogP contribution < -0.4 is 14.4 Å². The van der Waals surface area contributed by atoms with Crippen LogP contribution in [0.3, 0.4) is 0 Å². The Hall–Kier alpha value is -1.30. The number of nitrogens with one attached hydrogen (secondary N) is 1. The van der Waals surface area contributed by atoms with Crippen LogP contribution in [0.2, 0.25) is 0 Å². The van der Waals surface area contributed by atoms with E-state index in [2.05, 4.69) is 35.6 Å². The highest BCUT2D eigenvalue weighted by atomic mass is 79.9. The molecule has 8 nitrogen and oxygen atoms in total. The third kappa shape index (κ3) is 4.02. The molecule has 0 spiro atoms. The van der Waals surface area contributed by atoms with Gasteiger partial charge in [-0.1, -0.05) is 0 Å². The molecule has 11 heteroatoms. The highest BCUT2D eigenvalue weighted by Gasteiger charge is 2.20. The van der Waals surface area contributed by atoms with Crippen LogP contribution in [0.1, 0.15) is 18.7 Å². The lowest BCUT2D eigenvalue weighted by Crippen LogP contribution is -2.26. The zero-order chi connectivity index (χ0) is 17.2. The van der Waals surface area contributed by atoms with Crippen molar-refractivity contribution in [2.45, 2.75) is 23.6 Å². The van der Waals surface area contributed by atoms with Gasteiger partial charge in [0, 0.05) is 13.1 Å². The third-order valence-corrected chi connectivity index (χ3v) is 6.97. The SMILES string of the molecule is COc1nc(CNS(=O)(=O)c2ccc(Br)s2)nc(N2CCCC2)n1. The smallest absolute Gasteiger partial charge is 0.321 e. The molecule has 3 heterocycles. The van der Waals surface area contributed by atoms with Gasteiger partial charge in [-0.2, -0.15) is 15.0 Å². The molecule has 0 amide bonds. The first kappa shape index (κ1) is 17.5. The molecule has 0 radical (unpaired) electrons. The molecule has 24 heavy (non-hydrogen) atoms. The van der Waals surface area contributed by atoms with E-state index in [4.69, 9.17) is 4.74 Å². The molecular weight excluding hydrogens is 418 g/mol. The van der Waals surface area contributed by atoms with E-state index in [-0.39, 0.29) is 16.8 Å². The van der Waals surface area contributed by atoms with Gasteiger partial charge in [-0.25, -0.2) is 13.1 Å². The van der Waals surface area contributed by atoms with Crippen molar-refractivity contribution in [2.24, 2.45) is 0 Å². The topological polar surface area (TPSA) is 97.3 Å². The maximum Gasteiger partial charge on any atom is 0.321 e. The average molecular weight is 434 g/mol. The number of thiophene rings is 1. The standard InChI is InChI=1S/C13H16BrN5O3S2/c1-22-13-17-10(16-12(18-13)19-6-2-3-7-19)8-15-24(20,21)11-5-4-9(14)23-11/h4-5,15H,2-3,6-8H2,1H3. The summed E-state index contributed by atoms with van der Waals surface area (Å²) in [4.78, 5) is 14.8. The van der Waals surface area contributed by atoms with Gasteiger partial charge in [0.25, 0.3) is 0 Å². The Morgan fingerprint density at radius 3 is 2.67 bits per heavy atom. The van der Waals surface area contributed by atoms with E-state index >= 15 is 0 Å². The fourth-order valence-electron chi connectivity index (χ4n) is 2.29. The Morgan fingerprint density at radius 1 is 1.29 bits per heavy atom. The first-order chi connectivity index (χ1) is 11.5. The number of halogens is 1. The van der Waals surface area contributed by atoms with Crippen molar-refractivity contribution < 1.29 is 13.2 Å². The minimum absolute atomic E-state index is 0.0302. The molecule has 130 valence electrons. The normalized spacial score (nSPS) is 15.0. The zero-order valence-electron chi connectivity index (χ0n) is 12.9. The molecule has 2 aromatic rings. The van der Waals surface area contributed by atoms with Gasteiger partial charge in [0.15, 0.2) is 5.82 Å². The van der Waals surface area contributed by atoms with Gasteiger partial charge in [0.1, 0.15) is 4.21 Å². The Balaban J connectivity index is 1.78. The highest BCUT2D eigenvalue weighted by molar-refractivity contribution is 9.11. The first-order valence-corrected chi connectivity index (χ1v) is 10.4. The summed E-state index contributed by atoms with van der Waals surface area (Å²) in [7, 11) is -2.13. The molecule has 0 aliphatic carbocycles. The van der Waals surface area contributed by atoms with Crippen LogP contribution in [0.25, 0.3) is 0 Å². The lowest BCUT2D eigenvalue weighted by Gasteiger charge is -2.16. The summed E-state index contributed by atoms with van der Waals surface area (Å²) < 4.78 is 33.2. The number of sulfonamides is 1. The summed E-state index contributed by atoms with van der Waals surface area (Å²) in [6.07, 6.45) is 2.17. The van der Waals surface area contributed by atoms with Gasteiger partial charge in [-0.05, 0) is 40.9 Å². The van der Waals surface area contributed by atoms with Crippen LogP contribution in [-0.2, 0) is 16.6 Å². The summed E-state index contributed by atoms with van der Waals surface area (Å²) in [5.74, 6) is 0.843. The van der Waals surface area contributed by atoms with Crippen molar-refractivity contribution >= 4 is 43.2 Å². The minimum Gasteiger partial charge on any atom is -0.467 e. The minimum atomic E-state index is -3.61. The van der Waals surface area contributed by atoms with Crippen LogP contribution in [0.15, 0.2) is 20.1 Å². The van der Waals surface area contributed by atoms with Crippen LogP contribution in [0.4, 0.5) is 5.95 Å². The van der Waals surface area contributed by atoms with E-state index in [0.717, 1.165) is 41.1 Å². The third-order valence-electron chi connectivity index (χ3n) is 3.45. The molecule has 0 atom stereocenters. The predicted octanol–water partition coefficient (Wildman–Crippen LogP) is 1.78. The number of aromatic nitrogens is 3. The molecule has 1 saturated heterocycles. The van der Waals surface area contributed by atoms with Crippen molar-refractivity contribution in [1.29, 1.82) is 0 Å². The van der Waals surface area contributed by atoms with Gasteiger partial charge in [0.2, 0.25) is 16.0 Å². The second-order valence-corrected chi connectivity index (χ2v) is 9.57. The van der Waals surface area contributed by atoms with Gasteiger partial charge < -0.3 is 9.64 Å². The van der Waals surface area contributed by atoms with Crippen molar-refractivity contribution in [2.75, 3.05) is 25.1 Å². The molecule has 1 aliphatic heterocycles. The fraction of sp³-hybridized carbons (Fsp3) is 0.462. The monoisotopic (exact) mass is 433 g/mol. The highest BCUT2D eigenvalue weighted by Crippen LogP contribution is 2.26. The van der Waals surface area contributed by atoms with Crippen molar-refractivity contribution in [1.82, 2.24) is 19.7 Å². The van der Waals surface area contributed by atoms with Gasteiger partial charge in [-0.15, -0.1) is 11.3 Å². The predicted molar refractivity (Wildman–Crippen MR) is 93.9 cm³/mol. The molecule has 0 bridgehead atoms. The fourth-order valence-corrected chi connectivity index (χ4v) is 5.32. The summed E-state index contributed by atoms with van der Waals surface area (Å²) in [6, 6.07) is 3.41. The average Bonchev–Trinajstić information content (AvgIpc) is 3.24. The Kier molecular flexibility index (Phi) is 5.33. The Labute approximate surface area is 152 Å². The number of ether oxygens (including phenoxy) is 1. The first-order valence-electron chi connectivity index (χ1n) is 7.27. The van der Waals surface area contributed by atoms with E-state index < -0.39 is 10.0 Å². The summed E-state index contributed by atoms with van der Waals surface area (Å²) in [6.45, 7) is 1.72. The molecular formula is C13H16BrN5O3S2. The van der Waals surface area contributed by atoms with Crippen LogP contribution in [0, 0.1) is 0 Å². The molecule has 0 unspecified atom stereocenters. The molecule has 2 aromatic heterocycles. The van der Waals surface area contributed by atoms with E-state index in [9.17, 15) is 8.42 Å². The van der Waals surface area contributed by atoms with E-state index in [0.29, 0.717) is 11.8 Å². The Bertz CT molecular complexity index is 821. The quantitative estimate of drug-likeness (QED) is 0.740. The van der Waals surface area contributed by atoms with Gasteiger partial charge >= 0.3 is 6.01 Å². The zero-order valence-corrected chi connectivity index (χ0v) is 16.1. The molecule has 1 fully saturated rings. The Morgan fingerprint density at radius 2 is 2.04 bits per heavy atom. The van der Waals surface area contributed by atoms with E-state index in [1.165, 1.54) is 7.11 Å². The number of anilines is 1. The lowest BCUT2D eigenvalue weighted by molar-refractivity contribution is 0.375. The van der Waals surface area contributed by atoms with Crippen LogP contribution in [0.5, 0.6) is 6.01 Å². The summed E-state index contributed by atoms with van der Waals surface area (Å²) >= 11 is 4.40.